The highest BCUT2D eigenvalue weighted by Crippen LogP contribution is 2.11. The predicted molar refractivity (Wildman–Crippen MR) is 71.6 cm³/mol. The Kier molecular flexibility index (Phi) is 10.9. The Morgan fingerprint density at radius 2 is 1.65 bits per heavy atom. The molecule has 0 saturated heterocycles. The van der Waals surface area contributed by atoms with Gasteiger partial charge in [0, 0.05) is 6.92 Å². The summed E-state index contributed by atoms with van der Waals surface area (Å²) >= 11 is 0. The number of terminal acetylenes is 1. The zero-order chi connectivity index (χ0) is 12.9. The van der Waals surface area contributed by atoms with Gasteiger partial charge >= 0.3 is 5.97 Å². The largest absolute Gasteiger partial charge is 0.449 e. The monoisotopic (exact) mass is 238 g/mol. The molecule has 0 amide bonds. The van der Waals surface area contributed by atoms with Crippen LogP contribution in [0.3, 0.4) is 0 Å². The normalized spacial score (nSPS) is 11.8. The van der Waals surface area contributed by atoms with E-state index < -0.39 is 0 Å². The molecule has 0 saturated carbocycles. The molecule has 0 aliphatic rings. The van der Waals surface area contributed by atoms with Crippen LogP contribution in [0.5, 0.6) is 0 Å². The average Bonchev–Trinajstić information content (AvgIpc) is 2.30. The first kappa shape index (κ1) is 16.0. The lowest BCUT2D eigenvalue weighted by molar-refractivity contribution is -0.144. The van der Waals surface area contributed by atoms with E-state index >= 15 is 0 Å². The molecule has 0 aromatic heterocycles. The van der Waals surface area contributed by atoms with Gasteiger partial charge in [-0.3, -0.25) is 4.79 Å². The van der Waals surface area contributed by atoms with E-state index in [1.165, 1.54) is 51.9 Å². The van der Waals surface area contributed by atoms with E-state index in [-0.39, 0.29) is 12.1 Å². The number of unbranched alkanes of at least 4 members (excludes halogenated alkanes) is 7. The van der Waals surface area contributed by atoms with Crippen LogP contribution in [0, 0.1) is 12.3 Å². The van der Waals surface area contributed by atoms with Crippen molar-refractivity contribution in [2.45, 2.75) is 77.7 Å². The molecule has 98 valence electrons. The van der Waals surface area contributed by atoms with Gasteiger partial charge in [-0.2, -0.15) is 0 Å². The number of ether oxygens (including phenoxy) is 1. The first-order valence-corrected chi connectivity index (χ1v) is 6.84. The van der Waals surface area contributed by atoms with Gasteiger partial charge in [0.1, 0.15) is 0 Å². The second-order valence-electron chi connectivity index (χ2n) is 4.53. The van der Waals surface area contributed by atoms with E-state index in [4.69, 9.17) is 11.2 Å². The van der Waals surface area contributed by atoms with E-state index in [1.54, 1.807) is 0 Å². The van der Waals surface area contributed by atoms with Gasteiger partial charge in [0.2, 0.25) is 0 Å². The lowest BCUT2D eigenvalue weighted by atomic mass is 10.1. The minimum atomic E-state index is -0.326. The Hall–Kier alpha value is -0.970. The highest BCUT2D eigenvalue weighted by molar-refractivity contribution is 5.66. The first-order chi connectivity index (χ1) is 8.20. The second-order valence-corrected chi connectivity index (χ2v) is 4.53. The highest BCUT2D eigenvalue weighted by atomic mass is 16.5. The molecule has 0 spiro atoms. The van der Waals surface area contributed by atoms with Crippen molar-refractivity contribution >= 4 is 5.97 Å². The maximum atomic E-state index is 10.7. The minimum Gasteiger partial charge on any atom is -0.449 e. The molecule has 1 atom stereocenters. The molecule has 0 radical (unpaired) electrons. The summed E-state index contributed by atoms with van der Waals surface area (Å²) < 4.78 is 4.98. The summed E-state index contributed by atoms with van der Waals surface area (Å²) in [6.45, 7) is 3.63. The summed E-state index contributed by atoms with van der Waals surface area (Å²) in [6, 6.07) is 0. The number of hydrogen-bond acceptors (Lipinski definition) is 2. The molecule has 0 aliphatic carbocycles. The molecule has 0 rings (SSSR count). The quantitative estimate of drug-likeness (QED) is 0.325. The van der Waals surface area contributed by atoms with Gasteiger partial charge < -0.3 is 4.74 Å². The van der Waals surface area contributed by atoms with Crippen LogP contribution in [0.1, 0.15) is 71.6 Å². The van der Waals surface area contributed by atoms with Crippen LogP contribution >= 0.6 is 0 Å². The third-order valence-electron chi connectivity index (χ3n) is 2.81. The van der Waals surface area contributed by atoms with E-state index in [0.29, 0.717) is 0 Å². The SMILES string of the molecule is C#C[C@H](CCCCCCCCCC)OC(C)=O. The number of esters is 1. The van der Waals surface area contributed by atoms with Crippen LogP contribution in [0.15, 0.2) is 0 Å². The van der Waals surface area contributed by atoms with Gasteiger partial charge in [-0.25, -0.2) is 0 Å². The molecule has 2 nitrogen and oxygen atoms in total. The summed E-state index contributed by atoms with van der Waals surface area (Å²) in [5.74, 6) is 2.22. The fourth-order valence-corrected chi connectivity index (χ4v) is 1.84. The van der Waals surface area contributed by atoms with Crippen molar-refractivity contribution < 1.29 is 9.53 Å². The molecule has 0 unspecified atom stereocenters. The molecule has 2 heteroatoms. The van der Waals surface area contributed by atoms with Crippen LogP contribution in [-0.4, -0.2) is 12.1 Å². The molecular formula is C15H26O2. The van der Waals surface area contributed by atoms with Crippen LogP contribution in [0.25, 0.3) is 0 Å². The maximum absolute atomic E-state index is 10.7. The molecule has 0 aromatic carbocycles. The molecule has 0 bridgehead atoms. The molecule has 17 heavy (non-hydrogen) atoms. The standard InChI is InChI=1S/C15H26O2/c1-4-6-7-8-9-10-11-12-13-15(5-2)17-14(3)16/h2,15H,4,6-13H2,1,3H3/t15-/m1/s1. The van der Waals surface area contributed by atoms with Gasteiger partial charge in [0.25, 0.3) is 0 Å². The van der Waals surface area contributed by atoms with Crippen molar-refractivity contribution in [3.05, 3.63) is 0 Å². The Labute approximate surface area is 106 Å². The highest BCUT2D eigenvalue weighted by Gasteiger charge is 2.07. The molecule has 0 aliphatic heterocycles. The molecular weight excluding hydrogens is 212 g/mol. The molecule has 0 aromatic rings. The molecule has 0 heterocycles. The van der Waals surface area contributed by atoms with Gasteiger partial charge in [0.05, 0.1) is 0 Å². The van der Waals surface area contributed by atoms with Gasteiger partial charge in [0.15, 0.2) is 6.10 Å². The van der Waals surface area contributed by atoms with Crippen molar-refractivity contribution in [2.24, 2.45) is 0 Å². The zero-order valence-corrected chi connectivity index (χ0v) is 11.3. The minimum absolute atomic E-state index is 0.285. The van der Waals surface area contributed by atoms with Gasteiger partial charge in [-0.15, -0.1) is 6.42 Å². The van der Waals surface area contributed by atoms with E-state index in [0.717, 1.165) is 12.8 Å². The fraction of sp³-hybridized carbons (Fsp3) is 0.800. The van der Waals surface area contributed by atoms with Crippen molar-refractivity contribution in [1.29, 1.82) is 0 Å². The molecule has 0 N–H and O–H groups in total. The topological polar surface area (TPSA) is 26.3 Å². The summed E-state index contributed by atoms with van der Waals surface area (Å²) in [4.78, 5) is 10.7. The zero-order valence-electron chi connectivity index (χ0n) is 11.3. The Morgan fingerprint density at radius 1 is 1.12 bits per heavy atom. The number of rotatable bonds is 10. The predicted octanol–water partition coefficient (Wildman–Crippen LogP) is 4.08. The Bertz CT molecular complexity index is 228. The molecule has 0 fully saturated rings. The van der Waals surface area contributed by atoms with Crippen molar-refractivity contribution in [2.75, 3.05) is 0 Å². The lowest BCUT2D eigenvalue weighted by Gasteiger charge is -2.10. The average molecular weight is 238 g/mol. The second kappa shape index (κ2) is 11.5. The summed E-state index contributed by atoms with van der Waals surface area (Å²) in [5.41, 5.74) is 0. The van der Waals surface area contributed by atoms with Gasteiger partial charge in [-0.05, 0) is 12.8 Å². The van der Waals surface area contributed by atoms with Crippen LogP contribution in [0.2, 0.25) is 0 Å². The summed E-state index contributed by atoms with van der Waals surface area (Å²) in [7, 11) is 0. The van der Waals surface area contributed by atoms with Crippen molar-refractivity contribution in [3.8, 4) is 12.3 Å². The van der Waals surface area contributed by atoms with Crippen LogP contribution in [0.4, 0.5) is 0 Å². The Balaban J connectivity index is 3.32. The van der Waals surface area contributed by atoms with Crippen molar-refractivity contribution in [3.63, 3.8) is 0 Å². The van der Waals surface area contributed by atoms with E-state index in [1.807, 2.05) is 0 Å². The number of carbonyl (C=O) groups excluding carboxylic acids is 1. The first-order valence-electron chi connectivity index (χ1n) is 6.84. The van der Waals surface area contributed by atoms with Gasteiger partial charge in [-0.1, -0.05) is 57.8 Å². The van der Waals surface area contributed by atoms with Crippen LogP contribution in [-0.2, 0) is 9.53 Å². The van der Waals surface area contributed by atoms with E-state index in [2.05, 4.69) is 12.8 Å². The summed E-state index contributed by atoms with van der Waals surface area (Å²) in [5, 5.41) is 0. The number of hydrogen-bond donors (Lipinski definition) is 0. The smallest absolute Gasteiger partial charge is 0.303 e. The number of carbonyl (C=O) groups is 1. The van der Waals surface area contributed by atoms with E-state index in [9.17, 15) is 4.79 Å². The lowest BCUT2D eigenvalue weighted by Crippen LogP contribution is -2.13. The maximum Gasteiger partial charge on any atom is 0.303 e. The fourth-order valence-electron chi connectivity index (χ4n) is 1.84. The van der Waals surface area contributed by atoms with Crippen LogP contribution < -0.4 is 0 Å². The Morgan fingerprint density at radius 3 is 2.12 bits per heavy atom. The van der Waals surface area contributed by atoms with Crippen molar-refractivity contribution in [1.82, 2.24) is 0 Å². The summed E-state index contributed by atoms with van der Waals surface area (Å²) in [6.07, 6.45) is 15.9. The third-order valence-corrected chi connectivity index (χ3v) is 2.81. The third kappa shape index (κ3) is 11.3.